The molecule has 1 heterocycles. The van der Waals surface area contributed by atoms with Gasteiger partial charge in [-0.1, -0.05) is 19.9 Å². The van der Waals surface area contributed by atoms with Crippen LogP contribution in [0.5, 0.6) is 0 Å². The topological polar surface area (TPSA) is 12.4 Å². The highest BCUT2D eigenvalue weighted by molar-refractivity contribution is 5.84. The predicted molar refractivity (Wildman–Crippen MR) is 47.6 cm³/mol. The van der Waals surface area contributed by atoms with Crippen molar-refractivity contribution in [3.63, 3.8) is 0 Å². The summed E-state index contributed by atoms with van der Waals surface area (Å²) >= 11 is 0. The van der Waals surface area contributed by atoms with E-state index >= 15 is 0 Å². The molecule has 0 aromatic heterocycles. The van der Waals surface area contributed by atoms with E-state index in [-0.39, 0.29) is 11.2 Å². The van der Waals surface area contributed by atoms with Crippen molar-refractivity contribution in [1.82, 2.24) is 0 Å². The Morgan fingerprint density at radius 2 is 2.08 bits per heavy atom. The zero-order valence-corrected chi connectivity index (χ0v) is 7.13. The Morgan fingerprint density at radius 1 is 1.33 bits per heavy atom. The summed E-state index contributed by atoms with van der Waals surface area (Å²) in [6.07, 6.45) is 1.86. The van der Waals surface area contributed by atoms with Crippen LogP contribution in [-0.2, 0) is 5.41 Å². The Balaban J connectivity index is 2.62. The molecule has 0 N–H and O–H groups in total. The number of hydrogen-bond acceptors (Lipinski definition) is 1. The number of fused-ring (bicyclic) bond motifs is 1. The van der Waals surface area contributed by atoms with Crippen LogP contribution in [-0.4, -0.2) is 6.21 Å². The van der Waals surface area contributed by atoms with E-state index in [2.05, 4.69) is 18.8 Å². The minimum atomic E-state index is -0.219. The highest BCUT2D eigenvalue weighted by Crippen LogP contribution is 2.36. The second kappa shape index (κ2) is 2.16. The van der Waals surface area contributed by atoms with Gasteiger partial charge >= 0.3 is 0 Å². The molecule has 1 aliphatic rings. The second-order valence-electron chi connectivity index (χ2n) is 3.64. The first-order valence-corrected chi connectivity index (χ1v) is 3.95. The summed E-state index contributed by atoms with van der Waals surface area (Å²) in [5.41, 5.74) is 1.83. The minimum Gasteiger partial charge on any atom is -0.260 e. The number of nitrogens with zero attached hydrogens (tertiary/aromatic N) is 1. The average Bonchev–Trinajstić information content (AvgIpc) is 2.27. The minimum absolute atomic E-state index is 0.0387. The maximum absolute atomic E-state index is 12.7. The van der Waals surface area contributed by atoms with Crippen molar-refractivity contribution >= 4 is 11.9 Å². The monoisotopic (exact) mass is 163 g/mol. The van der Waals surface area contributed by atoms with Gasteiger partial charge in [0, 0.05) is 11.6 Å². The first kappa shape index (κ1) is 7.47. The average molecular weight is 163 g/mol. The van der Waals surface area contributed by atoms with E-state index in [0.29, 0.717) is 0 Å². The van der Waals surface area contributed by atoms with Crippen molar-refractivity contribution in [1.29, 1.82) is 0 Å². The standard InChI is InChI=1S/C10H10FN/c1-10(2)6-12-9-5-7(11)3-4-8(9)10/h3-6H,1-2H3. The van der Waals surface area contributed by atoms with Crippen molar-refractivity contribution in [2.45, 2.75) is 19.3 Å². The number of hydrogen-bond donors (Lipinski definition) is 0. The molecule has 62 valence electrons. The van der Waals surface area contributed by atoms with Gasteiger partial charge in [-0.2, -0.15) is 0 Å². The molecule has 12 heavy (non-hydrogen) atoms. The van der Waals surface area contributed by atoms with Gasteiger partial charge in [-0.3, -0.25) is 4.99 Å². The van der Waals surface area contributed by atoms with E-state index in [0.717, 1.165) is 11.3 Å². The third-order valence-electron chi connectivity index (χ3n) is 2.18. The molecular formula is C10H10FN. The van der Waals surface area contributed by atoms with Gasteiger partial charge in [0.25, 0.3) is 0 Å². The zero-order valence-electron chi connectivity index (χ0n) is 7.13. The van der Waals surface area contributed by atoms with Crippen LogP contribution in [0.3, 0.4) is 0 Å². The molecule has 0 atom stereocenters. The summed E-state index contributed by atoms with van der Waals surface area (Å²) in [4.78, 5) is 4.15. The third kappa shape index (κ3) is 0.951. The van der Waals surface area contributed by atoms with Crippen molar-refractivity contribution in [3.8, 4) is 0 Å². The van der Waals surface area contributed by atoms with E-state index < -0.39 is 0 Å². The molecule has 1 nitrogen and oxygen atoms in total. The molecule has 0 amide bonds. The zero-order chi connectivity index (χ0) is 8.77. The fourth-order valence-electron chi connectivity index (χ4n) is 1.46. The van der Waals surface area contributed by atoms with Crippen LogP contribution in [0, 0.1) is 5.82 Å². The maximum Gasteiger partial charge on any atom is 0.125 e. The molecule has 0 bridgehead atoms. The summed E-state index contributed by atoms with van der Waals surface area (Å²) in [6.45, 7) is 4.14. The predicted octanol–water partition coefficient (Wildman–Crippen LogP) is 2.82. The van der Waals surface area contributed by atoms with Gasteiger partial charge in [0.15, 0.2) is 0 Å². The van der Waals surface area contributed by atoms with Crippen LogP contribution in [0.15, 0.2) is 23.2 Å². The maximum atomic E-state index is 12.7. The Bertz CT molecular complexity index is 353. The van der Waals surface area contributed by atoms with Gasteiger partial charge in [0.1, 0.15) is 5.82 Å². The largest absolute Gasteiger partial charge is 0.260 e. The Hall–Kier alpha value is -1.18. The lowest BCUT2D eigenvalue weighted by Crippen LogP contribution is -2.14. The van der Waals surface area contributed by atoms with Crippen molar-refractivity contribution in [3.05, 3.63) is 29.6 Å². The first-order chi connectivity index (χ1) is 5.59. The Labute approximate surface area is 70.9 Å². The highest BCUT2D eigenvalue weighted by atomic mass is 19.1. The first-order valence-electron chi connectivity index (χ1n) is 3.95. The van der Waals surface area contributed by atoms with E-state index in [4.69, 9.17) is 0 Å². The van der Waals surface area contributed by atoms with Gasteiger partial charge in [0.05, 0.1) is 5.69 Å². The molecule has 0 unspecified atom stereocenters. The Kier molecular flexibility index (Phi) is 1.34. The Morgan fingerprint density at radius 3 is 2.83 bits per heavy atom. The van der Waals surface area contributed by atoms with Gasteiger partial charge in [-0.05, 0) is 17.7 Å². The van der Waals surface area contributed by atoms with Crippen molar-refractivity contribution in [2.24, 2.45) is 4.99 Å². The van der Waals surface area contributed by atoms with E-state index in [9.17, 15) is 4.39 Å². The molecule has 0 aliphatic carbocycles. The van der Waals surface area contributed by atoms with Crippen LogP contribution in [0.25, 0.3) is 0 Å². The van der Waals surface area contributed by atoms with E-state index in [1.165, 1.54) is 12.1 Å². The number of halogens is 1. The highest BCUT2D eigenvalue weighted by Gasteiger charge is 2.26. The molecule has 2 heteroatoms. The molecular weight excluding hydrogens is 153 g/mol. The summed E-state index contributed by atoms with van der Waals surface area (Å²) in [5, 5.41) is 0. The molecule has 0 saturated heterocycles. The fourth-order valence-corrected chi connectivity index (χ4v) is 1.46. The van der Waals surface area contributed by atoms with E-state index in [1.807, 2.05) is 6.21 Å². The number of benzene rings is 1. The summed E-state index contributed by atoms with van der Waals surface area (Å²) in [5.74, 6) is -0.219. The summed E-state index contributed by atoms with van der Waals surface area (Å²) in [6, 6.07) is 4.76. The number of aliphatic imine (C=N–C) groups is 1. The van der Waals surface area contributed by atoms with Crippen molar-refractivity contribution < 1.29 is 4.39 Å². The lowest BCUT2D eigenvalue weighted by Gasteiger charge is -2.14. The van der Waals surface area contributed by atoms with Gasteiger partial charge in [-0.25, -0.2) is 4.39 Å². The van der Waals surface area contributed by atoms with Crippen LogP contribution in [0.1, 0.15) is 19.4 Å². The van der Waals surface area contributed by atoms with Crippen molar-refractivity contribution in [2.75, 3.05) is 0 Å². The third-order valence-corrected chi connectivity index (χ3v) is 2.18. The fraction of sp³-hybridized carbons (Fsp3) is 0.300. The lowest BCUT2D eigenvalue weighted by atomic mass is 9.87. The molecule has 2 rings (SSSR count). The van der Waals surface area contributed by atoms with Crippen LogP contribution in [0.4, 0.5) is 10.1 Å². The van der Waals surface area contributed by atoms with E-state index in [1.54, 1.807) is 6.07 Å². The summed E-state index contributed by atoms with van der Waals surface area (Å²) in [7, 11) is 0. The van der Waals surface area contributed by atoms with Gasteiger partial charge in [-0.15, -0.1) is 0 Å². The lowest BCUT2D eigenvalue weighted by molar-refractivity contribution is 0.626. The summed E-state index contributed by atoms with van der Waals surface area (Å²) < 4.78 is 12.7. The molecule has 0 saturated carbocycles. The molecule has 0 radical (unpaired) electrons. The quantitative estimate of drug-likeness (QED) is 0.557. The molecule has 1 aromatic carbocycles. The normalized spacial score (nSPS) is 17.9. The molecule has 0 fully saturated rings. The SMILES string of the molecule is CC1(C)C=Nc2cc(F)ccc21. The number of rotatable bonds is 0. The smallest absolute Gasteiger partial charge is 0.125 e. The molecule has 1 aromatic rings. The van der Waals surface area contributed by atoms with Crippen LogP contribution in [0.2, 0.25) is 0 Å². The van der Waals surface area contributed by atoms with Gasteiger partial charge in [0.2, 0.25) is 0 Å². The van der Waals surface area contributed by atoms with Crippen LogP contribution < -0.4 is 0 Å². The second-order valence-corrected chi connectivity index (χ2v) is 3.64. The molecule has 1 aliphatic heterocycles. The molecule has 0 spiro atoms. The van der Waals surface area contributed by atoms with Gasteiger partial charge < -0.3 is 0 Å². The van der Waals surface area contributed by atoms with Crippen LogP contribution >= 0.6 is 0 Å².